The van der Waals surface area contributed by atoms with Crippen molar-refractivity contribution in [3.63, 3.8) is 0 Å². The molecule has 4 aliphatic carbocycles. The first-order chi connectivity index (χ1) is 17.7. The molecule has 0 radical (unpaired) electrons. The third-order valence-corrected chi connectivity index (χ3v) is 9.78. The van der Waals surface area contributed by atoms with Gasteiger partial charge in [-0.1, -0.05) is 25.5 Å². The second kappa shape index (κ2) is 10.0. The van der Waals surface area contributed by atoms with Crippen molar-refractivity contribution in [1.29, 1.82) is 0 Å². The second-order valence-corrected chi connectivity index (χ2v) is 11.8. The van der Waals surface area contributed by atoms with E-state index in [2.05, 4.69) is 12.2 Å². The largest absolute Gasteiger partial charge is 0.480 e. The summed E-state index contributed by atoms with van der Waals surface area (Å²) >= 11 is 0. The Kier molecular flexibility index (Phi) is 7.44. The third-order valence-electron chi connectivity index (χ3n) is 9.78. The summed E-state index contributed by atoms with van der Waals surface area (Å²) in [6, 6.07) is -1.10. The number of hydrogen-bond acceptors (Lipinski definition) is 8. The third kappa shape index (κ3) is 4.62. The minimum absolute atomic E-state index is 0.0233. The first-order valence-electron chi connectivity index (χ1n) is 13.3. The predicted octanol–water partition coefficient (Wildman–Crippen LogP) is 1.48. The first kappa shape index (κ1) is 28.2. The predicted molar refractivity (Wildman–Crippen MR) is 133 cm³/mol. The number of ether oxygens (including phenoxy) is 1. The molecule has 0 heterocycles. The van der Waals surface area contributed by atoms with Gasteiger partial charge in [-0.3, -0.25) is 24.0 Å². The number of carboxylic acid groups (broad SMARTS) is 1. The van der Waals surface area contributed by atoms with Gasteiger partial charge in [0.1, 0.15) is 11.6 Å². The van der Waals surface area contributed by atoms with Gasteiger partial charge in [0.15, 0.2) is 12.4 Å². The lowest BCUT2D eigenvalue weighted by Gasteiger charge is -2.59. The molecule has 0 aromatic heterocycles. The van der Waals surface area contributed by atoms with Crippen LogP contribution in [0.5, 0.6) is 0 Å². The van der Waals surface area contributed by atoms with Crippen LogP contribution in [-0.4, -0.2) is 69.1 Å². The quantitative estimate of drug-likeness (QED) is 0.339. The van der Waals surface area contributed by atoms with Gasteiger partial charge in [-0.25, -0.2) is 0 Å². The van der Waals surface area contributed by atoms with Crippen LogP contribution in [-0.2, 0) is 28.7 Å². The molecule has 0 spiro atoms. The average Bonchev–Trinajstić information content (AvgIpc) is 3.12. The lowest BCUT2D eigenvalue weighted by Crippen LogP contribution is -2.61. The zero-order chi connectivity index (χ0) is 28.0. The number of rotatable bonds is 8. The monoisotopic (exact) mass is 531 g/mol. The number of carboxylic acids is 1. The Bertz CT molecular complexity index is 1110. The van der Waals surface area contributed by atoms with Gasteiger partial charge in [-0.05, 0) is 63.0 Å². The maximum Gasteiger partial charge on any atom is 0.325 e. The Balaban J connectivity index is 1.40. The molecule has 0 aliphatic heterocycles. The van der Waals surface area contributed by atoms with Crippen LogP contribution < -0.4 is 5.32 Å². The SMILES string of the molecule is C[C@H](NC(=O)CCC(=O)OCC(=O)[C@@]1(O)CC[C@H]2[C@@H]3CCC4=CC(=O)C=C[C@]4(C)[C@H]3[C@@H](O)C[C@@]21C)C(=O)O. The summed E-state index contributed by atoms with van der Waals surface area (Å²) < 4.78 is 5.08. The molecule has 4 rings (SSSR count). The first-order valence-corrected chi connectivity index (χ1v) is 13.3. The van der Waals surface area contributed by atoms with Gasteiger partial charge in [0, 0.05) is 23.2 Å². The van der Waals surface area contributed by atoms with Gasteiger partial charge in [0.05, 0.1) is 12.5 Å². The number of amides is 1. The summed E-state index contributed by atoms with van der Waals surface area (Å²) in [5.41, 5.74) is -2.10. The second-order valence-electron chi connectivity index (χ2n) is 11.8. The minimum atomic E-state index is -1.77. The molecule has 4 N–H and O–H groups in total. The van der Waals surface area contributed by atoms with Crippen molar-refractivity contribution < 1.29 is 44.0 Å². The highest BCUT2D eigenvalue weighted by Gasteiger charge is 2.68. The molecule has 208 valence electrons. The number of nitrogens with one attached hydrogen (secondary N) is 1. The Morgan fingerprint density at radius 1 is 1.18 bits per heavy atom. The highest BCUT2D eigenvalue weighted by atomic mass is 16.5. The molecule has 3 fully saturated rings. The molecule has 1 amide bonds. The zero-order valence-electron chi connectivity index (χ0n) is 22.1. The highest BCUT2D eigenvalue weighted by Crippen LogP contribution is 2.67. The topological polar surface area (TPSA) is 167 Å². The number of ketones is 2. The Morgan fingerprint density at radius 3 is 2.58 bits per heavy atom. The van der Waals surface area contributed by atoms with E-state index in [4.69, 9.17) is 9.84 Å². The number of hydrogen-bond donors (Lipinski definition) is 4. The molecule has 10 nitrogen and oxygen atoms in total. The lowest BCUT2D eigenvalue weighted by molar-refractivity contribution is -0.181. The highest BCUT2D eigenvalue weighted by molar-refractivity contribution is 6.01. The fourth-order valence-electron chi connectivity index (χ4n) is 7.72. The van der Waals surface area contributed by atoms with Gasteiger partial charge in [0.25, 0.3) is 0 Å². The molecule has 0 unspecified atom stereocenters. The Labute approximate surface area is 221 Å². The zero-order valence-corrected chi connectivity index (χ0v) is 22.1. The van der Waals surface area contributed by atoms with E-state index in [1.165, 1.54) is 6.92 Å². The maximum atomic E-state index is 13.3. The molecule has 4 aliphatic rings. The molecule has 3 saturated carbocycles. The van der Waals surface area contributed by atoms with Crippen molar-refractivity contribution in [3.05, 3.63) is 23.8 Å². The summed E-state index contributed by atoms with van der Waals surface area (Å²) in [7, 11) is 0. The number of carbonyl (C=O) groups excluding carboxylic acids is 4. The summed E-state index contributed by atoms with van der Waals surface area (Å²) in [5.74, 6) is -3.41. The van der Waals surface area contributed by atoms with Crippen molar-refractivity contribution in [2.75, 3.05) is 6.61 Å². The lowest BCUT2D eigenvalue weighted by atomic mass is 9.46. The van der Waals surface area contributed by atoms with Crippen molar-refractivity contribution >= 4 is 29.4 Å². The molecule has 10 heteroatoms. The van der Waals surface area contributed by atoms with Crippen LogP contribution in [0.4, 0.5) is 0 Å². The summed E-state index contributed by atoms with van der Waals surface area (Å²) in [6.07, 6.45) is 6.20. The standard InChI is InChI=1S/C28H37NO9/c1-15(25(35)36)29-22(33)6-7-23(34)38-14-21(32)28(37)11-9-19-18-5-4-16-12-17(30)8-10-26(16,2)24(18)20(31)13-27(19,28)3/h8,10,12,15,18-20,24,31,37H,4-7,9,11,13-14H2,1-3H3,(H,29,33)(H,35,36)/t15-,18-,19-,20-,24+,26-,27-,28-/m0/s1. The smallest absolute Gasteiger partial charge is 0.325 e. The number of allylic oxidation sites excluding steroid dienone is 4. The summed E-state index contributed by atoms with van der Waals surface area (Å²) in [5, 5.41) is 34.2. The number of aliphatic hydroxyl groups excluding tert-OH is 1. The summed E-state index contributed by atoms with van der Waals surface area (Å²) in [4.78, 5) is 60.0. The number of aliphatic hydroxyl groups is 2. The van der Waals surface area contributed by atoms with Crippen LogP contribution in [0.1, 0.15) is 65.7 Å². The molecule has 0 aromatic carbocycles. The van der Waals surface area contributed by atoms with Gasteiger partial charge < -0.3 is 25.4 Å². The van der Waals surface area contributed by atoms with E-state index in [0.29, 0.717) is 6.42 Å². The molecule has 8 atom stereocenters. The van der Waals surface area contributed by atoms with Crippen molar-refractivity contribution in [2.24, 2.45) is 28.6 Å². The van der Waals surface area contributed by atoms with E-state index in [1.54, 1.807) is 12.2 Å². The molecule has 0 aromatic rings. The normalized spacial score (nSPS) is 38.2. The number of Topliss-reactive ketones (excluding diaryl/α,β-unsaturated/α-hetero) is 1. The van der Waals surface area contributed by atoms with Crippen LogP contribution in [0.3, 0.4) is 0 Å². The van der Waals surface area contributed by atoms with Gasteiger partial charge in [0.2, 0.25) is 11.7 Å². The number of aliphatic carboxylic acids is 1. The molecular weight excluding hydrogens is 494 g/mol. The fourth-order valence-corrected chi connectivity index (χ4v) is 7.72. The molecule has 0 bridgehead atoms. The number of fused-ring (bicyclic) bond motifs is 5. The summed E-state index contributed by atoms with van der Waals surface area (Å²) in [6.45, 7) is 4.54. The van der Waals surface area contributed by atoms with Gasteiger partial charge >= 0.3 is 11.9 Å². The Hall–Kier alpha value is -2.85. The fraction of sp³-hybridized carbons (Fsp3) is 0.679. The van der Waals surface area contributed by atoms with Crippen molar-refractivity contribution in [2.45, 2.75) is 83.5 Å². The van der Waals surface area contributed by atoms with E-state index >= 15 is 0 Å². The Morgan fingerprint density at radius 2 is 1.89 bits per heavy atom. The van der Waals surface area contributed by atoms with Crippen molar-refractivity contribution in [3.8, 4) is 0 Å². The molecule has 0 saturated heterocycles. The van der Waals surface area contributed by atoms with E-state index in [-0.39, 0.29) is 49.2 Å². The molecular formula is C28H37NO9. The van der Waals surface area contributed by atoms with Gasteiger partial charge in [-0.2, -0.15) is 0 Å². The molecule has 38 heavy (non-hydrogen) atoms. The van der Waals surface area contributed by atoms with Crippen LogP contribution in [0, 0.1) is 28.6 Å². The van der Waals surface area contributed by atoms with Crippen molar-refractivity contribution in [1.82, 2.24) is 5.32 Å². The van der Waals surface area contributed by atoms with E-state index in [9.17, 15) is 34.2 Å². The van der Waals surface area contributed by atoms with E-state index in [1.807, 2.05) is 13.0 Å². The average molecular weight is 532 g/mol. The number of esters is 1. The number of carbonyl (C=O) groups is 5. The van der Waals surface area contributed by atoms with E-state index in [0.717, 1.165) is 18.4 Å². The van der Waals surface area contributed by atoms with Crippen LogP contribution in [0.2, 0.25) is 0 Å². The van der Waals surface area contributed by atoms with Crippen LogP contribution in [0.15, 0.2) is 23.8 Å². The van der Waals surface area contributed by atoms with E-state index < -0.39 is 58.8 Å². The van der Waals surface area contributed by atoms with Gasteiger partial charge in [-0.15, -0.1) is 0 Å². The van der Waals surface area contributed by atoms with Crippen LogP contribution in [0.25, 0.3) is 0 Å². The maximum absolute atomic E-state index is 13.3. The minimum Gasteiger partial charge on any atom is -0.480 e. The van der Waals surface area contributed by atoms with Crippen LogP contribution >= 0.6 is 0 Å².